The summed E-state index contributed by atoms with van der Waals surface area (Å²) in [7, 11) is 0. The minimum Gasteiger partial charge on any atom is -0.399 e. The summed E-state index contributed by atoms with van der Waals surface area (Å²) >= 11 is 0. The highest BCUT2D eigenvalue weighted by Crippen LogP contribution is 2.09. The van der Waals surface area contributed by atoms with E-state index in [-0.39, 0.29) is 17.8 Å². The van der Waals surface area contributed by atoms with Gasteiger partial charge < -0.3 is 11.1 Å². The van der Waals surface area contributed by atoms with Crippen LogP contribution in [0.5, 0.6) is 0 Å². The molecule has 0 saturated carbocycles. The number of aryl methyl sites for hydroxylation is 1. The maximum Gasteiger partial charge on any atom is 0.224 e. The van der Waals surface area contributed by atoms with Gasteiger partial charge in [-0.2, -0.15) is 0 Å². The van der Waals surface area contributed by atoms with Crippen LogP contribution in [0.2, 0.25) is 0 Å². The molecule has 0 aliphatic heterocycles. The van der Waals surface area contributed by atoms with Crippen molar-refractivity contribution in [2.45, 2.75) is 32.2 Å². The van der Waals surface area contributed by atoms with Gasteiger partial charge in [-0.25, -0.2) is 4.39 Å². The van der Waals surface area contributed by atoms with Crippen LogP contribution in [-0.4, -0.2) is 11.9 Å². The number of nitrogens with two attached hydrogens (primary N) is 1. The number of carbonyl (C=O) groups is 1. The number of nitrogens with one attached hydrogen (secondary N) is 1. The Morgan fingerprint density at radius 2 is 1.91 bits per heavy atom. The Kier molecular flexibility index (Phi) is 5.53. The van der Waals surface area contributed by atoms with Gasteiger partial charge in [0.05, 0.1) is 6.42 Å². The van der Waals surface area contributed by atoms with Gasteiger partial charge >= 0.3 is 0 Å². The normalized spacial score (nSPS) is 11.9. The molecule has 0 unspecified atom stereocenters. The Morgan fingerprint density at radius 1 is 1.18 bits per heavy atom. The third-order valence-corrected chi connectivity index (χ3v) is 3.51. The lowest BCUT2D eigenvalue weighted by molar-refractivity contribution is -0.121. The third kappa shape index (κ3) is 5.20. The number of halogens is 1. The summed E-state index contributed by atoms with van der Waals surface area (Å²) in [5, 5.41) is 2.96. The van der Waals surface area contributed by atoms with Gasteiger partial charge in [-0.1, -0.05) is 24.3 Å². The summed E-state index contributed by atoms with van der Waals surface area (Å²) in [5.41, 5.74) is 8.18. The van der Waals surface area contributed by atoms with Gasteiger partial charge in [0.1, 0.15) is 5.82 Å². The van der Waals surface area contributed by atoms with Crippen LogP contribution in [0.15, 0.2) is 48.5 Å². The number of hydrogen-bond acceptors (Lipinski definition) is 2. The molecule has 2 rings (SSSR count). The molecule has 1 atom stereocenters. The number of hydrogen-bond donors (Lipinski definition) is 2. The number of carbonyl (C=O) groups excluding carboxylic acids is 1. The molecule has 3 N–H and O–H groups in total. The predicted octanol–water partition coefficient (Wildman–Crippen LogP) is 3.09. The molecule has 0 radical (unpaired) electrons. The van der Waals surface area contributed by atoms with Gasteiger partial charge in [-0.3, -0.25) is 4.79 Å². The Labute approximate surface area is 130 Å². The number of rotatable bonds is 6. The average Bonchev–Trinajstić information content (AvgIpc) is 2.47. The summed E-state index contributed by atoms with van der Waals surface area (Å²) in [6, 6.07) is 13.9. The fourth-order valence-electron chi connectivity index (χ4n) is 2.29. The lowest BCUT2D eigenvalue weighted by atomic mass is 10.1. The first-order chi connectivity index (χ1) is 10.5. The van der Waals surface area contributed by atoms with E-state index in [9.17, 15) is 9.18 Å². The molecule has 3 nitrogen and oxygen atoms in total. The second-order valence-electron chi connectivity index (χ2n) is 5.56. The van der Waals surface area contributed by atoms with Crippen molar-refractivity contribution in [2.75, 3.05) is 5.73 Å². The molecule has 22 heavy (non-hydrogen) atoms. The van der Waals surface area contributed by atoms with Gasteiger partial charge in [0.2, 0.25) is 5.91 Å². The van der Waals surface area contributed by atoms with Crippen LogP contribution < -0.4 is 11.1 Å². The Hall–Kier alpha value is -2.36. The number of anilines is 1. The molecule has 1 amide bonds. The average molecular weight is 300 g/mol. The molecule has 0 aliphatic rings. The molecule has 0 heterocycles. The molecule has 116 valence electrons. The topological polar surface area (TPSA) is 55.1 Å². The van der Waals surface area contributed by atoms with Gasteiger partial charge in [0, 0.05) is 11.7 Å². The van der Waals surface area contributed by atoms with Crippen LogP contribution >= 0.6 is 0 Å². The van der Waals surface area contributed by atoms with E-state index < -0.39 is 0 Å². The van der Waals surface area contributed by atoms with Gasteiger partial charge in [-0.15, -0.1) is 0 Å². The quantitative estimate of drug-likeness (QED) is 0.806. The highest BCUT2D eigenvalue weighted by atomic mass is 19.1. The summed E-state index contributed by atoms with van der Waals surface area (Å²) in [6.45, 7) is 1.96. The molecule has 0 bridgehead atoms. The van der Waals surface area contributed by atoms with Crippen molar-refractivity contribution in [1.82, 2.24) is 5.32 Å². The smallest absolute Gasteiger partial charge is 0.224 e. The van der Waals surface area contributed by atoms with Gasteiger partial charge in [0.25, 0.3) is 0 Å². The van der Waals surface area contributed by atoms with Crippen molar-refractivity contribution in [3.8, 4) is 0 Å². The van der Waals surface area contributed by atoms with Crippen molar-refractivity contribution in [2.24, 2.45) is 0 Å². The molecule has 2 aromatic rings. The van der Waals surface area contributed by atoms with E-state index >= 15 is 0 Å². The predicted molar refractivity (Wildman–Crippen MR) is 86.9 cm³/mol. The second-order valence-corrected chi connectivity index (χ2v) is 5.56. The zero-order valence-electron chi connectivity index (χ0n) is 12.7. The Morgan fingerprint density at radius 3 is 2.59 bits per heavy atom. The lowest BCUT2D eigenvalue weighted by Gasteiger charge is -2.14. The van der Waals surface area contributed by atoms with Gasteiger partial charge in [-0.05, 0) is 55.2 Å². The zero-order chi connectivity index (χ0) is 15.9. The highest BCUT2D eigenvalue weighted by Gasteiger charge is 2.08. The molecule has 0 saturated heterocycles. The van der Waals surface area contributed by atoms with Crippen LogP contribution in [0.3, 0.4) is 0 Å². The number of amides is 1. The van der Waals surface area contributed by atoms with Gasteiger partial charge in [0.15, 0.2) is 0 Å². The van der Waals surface area contributed by atoms with Crippen molar-refractivity contribution < 1.29 is 9.18 Å². The van der Waals surface area contributed by atoms with E-state index in [1.54, 1.807) is 18.2 Å². The number of benzene rings is 2. The molecular weight excluding hydrogens is 279 g/mol. The molecule has 2 aromatic carbocycles. The summed E-state index contributed by atoms with van der Waals surface area (Å²) < 4.78 is 13.1. The fourth-order valence-corrected chi connectivity index (χ4v) is 2.29. The molecule has 0 aliphatic carbocycles. The molecule has 0 fully saturated rings. The number of nitrogen functional groups attached to an aromatic ring is 1. The van der Waals surface area contributed by atoms with Crippen molar-refractivity contribution in [3.63, 3.8) is 0 Å². The van der Waals surface area contributed by atoms with Crippen molar-refractivity contribution in [1.29, 1.82) is 0 Å². The monoisotopic (exact) mass is 300 g/mol. The minimum absolute atomic E-state index is 0.0171. The van der Waals surface area contributed by atoms with E-state index in [1.165, 1.54) is 12.1 Å². The van der Waals surface area contributed by atoms with Crippen LogP contribution in [0, 0.1) is 5.82 Å². The van der Waals surface area contributed by atoms with Crippen LogP contribution in [0.1, 0.15) is 24.5 Å². The first-order valence-electron chi connectivity index (χ1n) is 7.41. The third-order valence-electron chi connectivity index (χ3n) is 3.51. The molecule has 0 aromatic heterocycles. The van der Waals surface area contributed by atoms with E-state index in [4.69, 9.17) is 5.73 Å². The van der Waals surface area contributed by atoms with Crippen LogP contribution in [0.4, 0.5) is 10.1 Å². The Balaban J connectivity index is 1.77. The first kappa shape index (κ1) is 16.0. The van der Waals surface area contributed by atoms with E-state index in [0.29, 0.717) is 12.1 Å². The second kappa shape index (κ2) is 7.59. The summed E-state index contributed by atoms with van der Waals surface area (Å²) in [4.78, 5) is 12.0. The largest absolute Gasteiger partial charge is 0.399 e. The van der Waals surface area contributed by atoms with E-state index in [2.05, 4.69) is 5.32 Å². The maximum absolute atomic E-state index is 13.1. The van der Waals surface area contributed by atoms with Crippen molar-refractivity contribution in [3.05, 3.63) is 65.5 Å². The van der Waals surface area contributed by atoms with E-state index in [0.717, 1.165) is 24.0 Å². The Bertz CT molecular complexity index is 625. The minimum atomic E-state index is -0.225. The lowest BCUT2D eigenvalue weighted by Crippen LogP contribution is -2.34. The first-order valence-corrected chi connectivity index (χ1v) is 7.41. The van der Waals surface area contributed by atoms with E-state index in [1.807, 2.05) is 25.1 Å². The maximum atomic E-state index is 13.1. The SMILES string of the molecule is C[C@@H](CCc1cccc(F)c1)NC(=O)Cc1ccc(N)cc1. The molecule has 0 spiro atoms. The van der Waals surface area contributed by atoms with Crippen LogP contribution in [0.25, 0.3) is 0 Å². The van der Waals surface area contributed by atoms with Crippen LogP contribution in [-0.2, 0) is 17.6 Å². The van der Waals surface area contributed by atoms with Crippen molar-refractivity contribution >= 4 is 11.6 Å². The summed E-state index contributed by atoms with van der Waals surface area (Å²) in [5.74, 6) is -0.242. The summed E-state index contributed by atoms with van der Waals surface area (Å²) in [6.07, 6.45) is 1.85. The highest BCUT2D eigenvalue weighted by molar-refractivity contribution is 5.78. The molecule has 4 heteroatoms. The molecular formula is C18H21FN2O. The fraction of sp³-hybridized carbons (Fsp3) is 0.278. The standard InChI is InChI=1S/C18H21FN2O/c1-13(5-6-14-3-2-4-16(19)11-14)21-18(22)12-15-7-9-17(20)10-8-15/h2-4,7-11,13H,5-6,12,20H2,1H3,(H,21,22)/t13-/m0/s1. The zero-order valence-corrected chi connectivity index (χ0v) is 12.7.